The fourth-order valence-electron chi connectivity index (χ4n) is 1.86. The topological polar surface area (TPSA) is 67.2 Å². The molecule has 1 aliphatic rings. The average molecular weight is 231 g/mol. The highest BCUT2D eigenvalue weighted by Gasteiger charge is 2.24. The maximum atomic E-state index is 5.98. The molecule has 1 fully saturated rings. The zero-order valence-electron chi connectivity index (χ0n) is 8.45. The molecule has 1 unspecified atom stereocenters. The SMILES string of the molecule is NCC(c1[nH]cnc1Cl)N1CCOCC1. The van der Waals surface area contributed by atoms with Gasteiger partial charge in [-0.2, -0.15) is 0 Å². The smallest absolute Gasteiger partial charge is 0.151 e. The molecule has 1 aromatic heterocycles. The standard InChI is InChI=1S/C9H15ClN4O/c10-9-8(12-6-13-9)7(5-11)14-1-3-15-4-2-14/h6-7H,1-5,11H2,(H,12,13). The van der Waals surface area contributed by atoms with Crippen molar-refractivity contribution in [2.24, 2.45) is 5.73 Å². The summed E-state index contributed by atoms with van der Waals surface area (Å²) in [5, 5.41) is 0.511. The first kappa shape index (κ1) is 10.9. The number of halogens is 1. The van der Waals surface area contributed by atoms with E-state index in [0.717, 1.165) is 32.0 Å². The van der Waals surface area contributed by atoms with Crippen LogP contribution in [0.15, 0.2) is 6.33 Å². The van der Waals surface area contributed by atoms with Crippen molar-refractivity contribution in [3.8, 4) is 0 Å². The summed E-state index contributed by atoms with van der Waals surface area (Å²) in [5.41, 5.74) is 6.68. The molecule has 1 aliphatic heterocycles. The molecule has 5 nitrogen and oxygen atoms in total. The predicted molar refractivity (Wildman–Crippen MR) is 57.8 cm³/mol. The van der Waals surface area contributed by atoms with Crippen molar-refractivity contribution >= 4 is 11.6 Å². The van der Waals surface area contributed by atoms with Gasteiger partial charge in [0.1, 0.15) is 0 Å². The number of nitrogens with one attached hydrogen (secondary N) is 1. The molecule has 0 aliphatic carbocycles. The van der Waals surface area contributed by atoms with Crippen molar-refractivity contribution in [1.82, 2.24) is 14.9 Å². The number of aromatic nitrogens is 2. The van der Waals surface area contributed by atoms with E-state index in [1.54, 1.807) is 6.33 Å². The van der Waals surface area contributed by atoms with Gasteiger partial charge >= 0.3 is 0 Å². The zero-order valence-corrected chi connectivity index (χ0v) is 9.20. The summed E-state index contributed by atoms with van der Waals surface area (Å²) in [4.78, 5) is 9.29. The zero-order chi connectivity index (χ0) is 10.7. The molecule has 2 heterocycles. The van der Waals surface area contributed by atoms with Crippen molar-refractivity contribution < 1.29 is 4.74 Å². The minimum absolute atomic E-state index is 0.115. The van der Waals surface area contributed by atoms with Crippen molar-refractivity contribution in [1.29, 1.82) is 0 Å². The highest BCUT2D eigenvalue weighted by Crippen LogP contribution is 2.24. The second-order valence-electron chi connectivity index (χ2n) is 3.51. The van der Waals surface area contributed by atoms with Crippen molar-refractivity contribution in [3.63, 3.8) is 0 Å². The predicted octanol–water partition coefficient (Wildman–Crippen LogP) is 0.395. The monoisotopic (exact) mass is 230 g/mol. The molecule has 1 aromatic rings. The van der Waals surface area contributed by atoms with Crippen LogP contribution in [0.25, 0.3) is 0 Å². The maximum Gasteiger partial charge on any atom is 0.151 e. The molecule has 15 heavy (non-hydrogen) atoms. The molecule has 2 rings (SSSR count). The summed E-state index contributed by atoms with van der Waals surface area (Å²) >= 11 is 5.98. The largest absolute Gasteiger partial charge is 0.379 e. The van der Waals surface area contributed by atoms with Crippen LogP contribution in [0.2, 0.25) is 5.15 Å². The van der Waals surface area contributed by atoms with Gasteiger partial charge in [-0.1, -0.05) is 11.6 Å². The quantitative estimate of drug-likeness (QED) is 0.789. The fourth-order valence-corrected chi connectivity index (χ4v) is 2.09. The molecule has 0 radical (unpaired) electrons. The van der Waals surface area contributed by atoms with E-state index >= 15 is 0 Å². The maximum absolute atomic E-state index is 5.98. The molecule has 3 N–H and O–H groups in total. The second-order valence-corrected chi connectivity index (χ2v) is 3.86. The normalized spacial score (nSPS) is 20.4. The van der Waals surface area contributed by atoms with Gasteiger partial charge < -0.3 is 15.5 Å². The first-order valence-corrected chi connectivity index (χ1v) is 5.41. The molecular formula is C9H15ClN4O. The lowest BCUT2D eigenvalue weighted by molar-refractivity contribution is 0.0171. The van der Waals surface area contributed by atoms with Crippen LogP contribution in [0.1, 0.15) is 11.7 Å². The molecular weight excluding hydrogens is 216 g/mol. The molecule has 84 valence electrons. The summed E-state index contributed by atoms with van der Waals surface area (Å²) in [6.45, 7) is 3.81. The number of nitrogens with two attached hydrogens (primary N) is 1. The van der Waals surface area contributed by atoms with Gasteiger partial charge in [0.2, 0.25) is 0 Å². The van der Waals surface area contributed by atoms with Crippen LogP contribution in [-0.2, 0) is 4.74 Å². The second kappa shape index (κ2) is 4.94. The Morgan fingerprint density at radius 2 is 2.33 bits per heavy atom. The van der Waals surface area contributed by atoms with Gasteiger partial charge in [-0.15, -0.1) is 0 Å². The van der Waals surface area contributed by atoms with Gasteiger partial charge in [0.25, 0.3) is 0 Å². The van der Waals surface area contributed by atoms with Crippen molar-refractivity contribution in [2.75, 3.05) is 32.8 Å². The van der Waals surface area contributed by atoms with Gasteiger partial charge in [-0.05, 0) is 0 Å². The summed E-state index contributed by atoms with van der Waals surface area (Å²) < 4.78 is 5.30. The fraction of sp³-hybridized carbons (Fsp3) is 0.667. The Morgan fingerprint density at radius 1 is 1.60 bits per heavy atom. The number of aromatic amines is 1. The molecule has 0 saturated carbocycles. The number of hydrogen-bond acceptors (Lipinski definition) is 4. The number of H-pyrrole nitrogens is 1. The van der Waals surface area contributed by atoms with Crippen LogP contribution in [0.3, 0.4) is 0 Å². The Balaban J connectivity index is 2.12. The average Bonchev–Trinajstić information content (AvgIpc) is 2.68. The molecule has 0 spiro atoms. The third-order valence-corrected chi connectivity index (χ3v) is 2.96. The third kappa shape index (κ3) is 2.31. The minimum Gasteiger partial charge on any atom is -0.379 e. The third-order valence-electron chi connectivity index (χ3n) is 2.66. The lowest BCUT2D eigenvalue weighted by atomic mass is 10.2. The van der Waals surface area contributed by atoms with E-state index in [4.69, 9.17) is 22.1 Å². The number of rotatable bonds is 3. The van der Waals surface area contributed by atoms with E-state index in [-0.39, 0.29) is 6.04 Å². The highest BCUT2D eigenvalue weighted by atomic mass is 35.5. The van der Waals surface area contributed by atoms with E-state index < -0.39 is 0 Å². The van der Waals surface area contributed by atoms with E-state index in [9.17, 15) is 0 Å². The van der Waals surface area contributed by atoms with Crippen molar-refractivity contribution in [2.45, 2.75) is 6.04 Å². The Hall–Kier alpha value is -0.620. The van der Waals surface area contributed by atoms with Gasteiger partial charge in [-0.3, -0.25) is 4.90 Å². The summed E-state index contributed by atoms with van der Waals surface area (Å²) in [6, 6.07) is 0.115. The minimum atomic E-state index is 0.115. The highest BCUT2D eigenvalue weighted by molar-refractivity contribution is 6.30. The molecule has 1 atom stereocenters. The molecule has 1 saturated heterocycles. The van der Waals surface area contributed by atoms with Crippen LogP contribution in [-0.4, -0.2) is 47.7 Å². The first-order chi connectivity index (χ1) is 7.33. The summed E-state index contributed by atoms with van der Waals surface area (Å²) in [7, 11) is 0. The lowest BCUT2D eigenvalue weighted by Crippen LogP contribution is -2.42. The Morgan fingerprint density at radius 3 is 2.87 bits per heavy atom. The van der Waals surface area contributed by atoms with E-state index in [2.05, 4.69) is 14.9 Å². The van der Waals surface area contributed by atoms with Gasteiger partial charge in [-0.25, -0.2) is 4.98 Å². The van der Waals surface area contributed by atoms with Crippen LogP contribution in [0.4, 0.5) is 0 Å². The number of nitrogens with zero attached hydrogens (tertiary/aromatic N) is 2. The first-order valence-electron chi connectivity index (χ1n) is 5.03. The summed E-state index contributed by atoms with van der Waals surface area (Å²) in [5.74, 6) is 0. The lowest BCUT2D eigenvalue weighted by Gasteiger charge is -2.33. The van der Waals surface area contributed by atoms with E-state index in [1.165, 1.54) is 0 Å². The van der Waals surface area contributed by atoms with Crippen LogP contribution < -0.4 is 5.73 Å². The Kier molecular flexibility index (Phi) is 3.58. The number of morpholine rings is 1. The van der Waals surface area contributed by atoms with Crippen LogP contribution >= 0.6 is 11.6 Å². The van der Waals surface area contributed by atoms with Crippen molar-refractivity contribution in [3.05, 3.63) is 17.2 Å². The van der Waals surface area contributed by atoms with Gasteiger partial charge in [0, 0.05) is 19.6 Å². The number of hydrogen-bond donors (Lipinski definition) is 2. The number of ether oxygens (including phenoxy) is 1. The molecule has 6 heteroatoms. The van der Waals surface area contributed by atoms with Gasteiger partial charge in [0.05, 0.1) is 31.3 Å². The van der Waals surface area contributed by atoms with E-state index in [1.807, 2.05) is 0 Å². The molecule has 0 aromatic carbocycles. The van der Waals surface area contributed by atoms with Crippen LogP contribution in [0.5, 0.6) is 0 Å². The van der Waals surface area contributed by atoms with Crippen LogP contribution in [0, 0.1) is 0 Å². The van der Waals surface area contributed by atoms with Gasteiger partial charge in [0.15, 0.2) is 5.15 Å². The van der Waals surface area contributed by atoms with E-state index in [0.29, 0.717) is 11.7 Å². The Labute approximate surface area is 93.6 Å². The Bertz CT molecular complexity index is 311. The molecule has 0 amide bonds. The molecule has 0 bridgehead atoms. The summed E-state index contributed by atoms with van der Waals surface area (Å²) in [6.07, 6.45) is 1.60. The number of imidazole rings is 1.